The first-order valence-electron chi connectivity index (χ1n) is 7.65. The zero-order valence-electron chi connectivity index (χ0n) is 11.7. The van der Waals surface area contributed by atoms with E-state index in [1.807, 2.05) is 0 Å². The molecule has 0 spiro atoms. The monoisotopic (exact) mass is 245 g/mol. The van der Waals surface area contributed by atoms with Gasteiger partial charge in [0.15, 0.2) is 0 Å². The van der Waals surface area contributed by atoms with E-state index in [1.54, 1.807) is 0 Å². The Balaban J connectivity index is 1.72. The van der Waals surface area contributed by atoms with E-state index >= 15 is 0 Å². The smallest absolute Gasteiger partial charge is 0.00703 e. The summed E-state index contributed by atoms with van der Waals surface area (Å²) >= 11 is 0. The maximum Gasteiger partial charge on any atom is 0.00703 e. The van der Waals surface area contributed by atoms with Gasteiger partial charge in [-0.05, 0) is 50.1 Å². The molecule has 0 amide bonds. The number of hydrogen-bond acceptors (Lipinski definition) is 1. The Morgan fingerprint density at radius 3 is 2.61 bits per heavy atom. The van der Waals surface area contributed by atoms with Gasteiger partial charge in [0, 0.05) is 6.04 Å². The number of rotatable bonds is 9. The summed E-state index contributed by atoms with van der Waals surface area (Å²) in [6.45, 7) is 3.42. The molecular weight excluding hydrogens is 218 g/mol. The second-order valence-electron chi connectivity index (χ2n) is 5.70. The molecule has 1 nitrogen and oxygen atoms in total. The maximum atomic E-state index is 3.72. The van der Waals surface area contributed by atoms with Gasteiger partial charge in [-0.25, -0.2) is 0 Å². The molecule has 1 aromatic rings. The molecule has 2 rings (SSSR count). The van der Waals surface area contributed by atoms with Gasteiger partial charge < -0.3 is 5.32 Å². The molecule has 18 heavy (non-hydrogen) atoms. The van der Waals surface area contributed by atoms with Crippen molar-refractivity contribution < 1.29 is 0 Å². The SMILES string of the molecule is CCCNC(CCc1ccccc1)CCC1CC1. The summed E-state index contributed by atoms with van der Waals surface area (Å²) in [4.78, 5) is 0. The Hall–Kier alpha value is -0.820. The minimum Gasteiger partial charge on any atom is -0.314 e. The maximum absolute atomic E-state index is 3.72. The van der Waals surface area contributed by atoms with Gasteiger partial charge in [0.05, 0.1) is 0 Å². The summed E-state index contributed by atoms with van der Waals surface area (Å²) in [6, 6.07) is 11.6. The van der Waals surface area contributed by atoms with Gasteiger partial charge in [0.1, 0.15) is 0 Å². The largest absolute Gasteiger partial charge is 0.314 e. The highest BCUT2D eigenvalue weighted by Crippen LogP contribution is 2.34. The summed E-state index contributed by atoms with van der Waals surface area (Å²) in [5.74, 6) is 1.06. The van der Waals surface area contributed by atoms with Crippen molar-refractivity contribution in [2.45, 2.75) is 57.9 Å². The van der Waals surface area contributed by atoms with E-state index in [9.17, 15) is 0 Å². The summed E-state index contributed by atoms with van der Waals surface area (Å²) in [7, 11) is 0. The summed E-state index contributed by atoms with van der Waals surface area (Å²) < 4.78 is 0. The third-order valence-corrected chi connectivity index (χ3v) is 3.93. The molecule has 0 aromatic heterocycles. The summed E-state index contributed by atoms with van der Waals surface area (Å²) in [5, 5.41) is 3.72. The van der Waals surface area contributed by atoms with E-state index in [2.05, 4.69) is 42.6 Å². The molecule has 1 aliphatic carbocycles. The molecule has 0 aliphatic heterocycles. The van der Waals surface area contributed by atoms with Crippen LogP contribution in [-0.2, 0) is 6.42 Å². The van der Waals surface area contributed by atoms with Gasteiger partial charge in [-0.2, -0.15) is 0 Å². The van der Waals surface area contributed by atoms with Crippen LogP contribution >= 0.6 is 0 Å². The van der Waals surface area contributed by atoms with Crippen LogP contribution in [0.15, 0.2) is 30.3 Å². The van der Waals surface area contributed by atoms with Crippen LogP contribution in [0.3, 0.4) is 0 Å². The molecule has 1 aromatic carbocycles. The topological polar surface area (TPSA) is 12.0 Å². The Morgan fingerprint density at radius 2 is 1.94 bits per heavy atom. The number of aryl methyl sites for hydroxylation is 1. The van der Waals surface area contributed by atoms with Crippen LogP contribution in [0, 0.1) is 5.92 Å². The highest BCUT2D eigenvalue weighted by molar-refractivity contribution is 5.14. The van der Waals surface area contributed by atoms with Crippen molar-refractivity contribution in [2.24, 2.45) is 5.92 Å². The van der Waals surface area contributed by atoms with Crippen LogP contribution in [0.2, 0.25) is 0 Å². The summed E-state index contributed by atoms with van der Waals surface area (Å²) in [5.41, 5.74) is 1.48. The lowest BCUT2D eigenvalue weighted by molar-refractivity contribution is 0.431. The third kappa shape index (κ3) is 5.22. The van der Waals surface area contributed by atoms with Crippen molar-refractivity contribution in [3.05, 3.63) is 35.9 Å². The molecule has 1 aliphatic rings. The molecule has 1 unspecified atom stereocenters. The normalized spacial score (nSPS) is 16.7. The number of nitrogens with one attached hydrogen (secondary N) is 1. The average Bonchev–Trinajstić information content (AvgIpc) is 3.23. The Bertz CT molecular complexity index is 316. The standard InChI is InChI=1S/C17H27N/c1-2-14-18-17(13-11-16-8-9-16)12-10-15-6-4-3-5-7-15/h3-7,16-18H,2,8-14H2,1H3. The van der Waals surface area contributed by atoms with Gasteiger partial charge in [-0.3, -0.25) is 0 Å². The number of hydrogen-bond donors (Lipinski definition) is 1. The Labute approximate surface area is 112 Å². The molecule has 1 N–H and O–H groups in total. The van der Waals surface area contributed by atoms with Crippen LogP contribution in [0.25, 0.3) is 0 Å². The van der Waals surface area contributed by atoms with Gasteiger partial charge >= 0.3 is 0 Å². The lowest BCUT2D eigenvalue weighted by Gasteiger charge is -2.18. The van der Waals surface area contributed by atoms with E-state index in [-0.39, 0.29) is 0 Å². The second-order valence-corrected chi connectivity index (χ2v) is 5.70. The van der Waals surface area contributed by atoms with Gasteiger partial charge in [-0.15, -0.1) is 0 Å². The van der Waals surface area contributed by atoms with Crippen molar-refractivity contribution in [1.29, 1.82) is 0 Å². The molecule has 1 fully saturated rings. The van der Waals surface area contributed by atoms with Crippen molar-refractivity contribution in [2.75, 3.05) is 6.54 Å². The molecule has 1 saturated carbocycles. The molecular formula is C17H27N. The molecule has 0 radical (unpaired) electrons. The first-order valence-corrected chi connectivity index (χ1v) is 7.65. The predicted molar refractivity (Wildman–Crippen MR) is 78.8 cm³/mol. The fraction of sp³-hybridized carbons (Fsp3) is 0.647. The second kappa shape index (κ2) is 7.58. The Morgan fingerprint density at radius 1 is 1.17 bits per heavy atom. The quantitative estimate of drug-likeness (QED) is 0.688. The summed E-state index contributed by atoms with van der Waals surface area (Å²) in [6.07, 6.45) is 9.53. The van der Waals surface area contributed by atoms with Crippen molar-refractivity contribution in [1.82, 2.24) is 5.32 Å². The lowest BCUT2D eigenvalue weighted by Crippen LogP contribution is -2.30. The molecule has 0 saturated heterocycles. The third-order valence-electron chi connectivity index (χ3n) is 3.93. The highest BCUT2D eigenvalue weighted by atomic mass is 14.9. The first kappa shape index (κ1) is 13.6. The minimum atomic E-state index is 0.728. The van der Waals surface area contributed by atoms with Crippen molar-refractivity contribution in [3.63, 3.8) is 0 Å². The Kier molecular flexibility index (Phi) is 5.73. The lowest BCUT2D eigenvalue weighted by atomic mass is 10.0. The van der Waals surface area contributed by atoms with E-state index in [0.29, 0.717) is 0 Å². The van der Waals surface area contributed by atoms with Crippen LogP contribution < -0.4 is 5.32 Å². The first-order chi connectivity index (χ1) is 8.88. The highest BCUT2D eigenvalue weighted by Gasteiger charge is 2.22. The zero-order valence-corrected chi connectivity index (χ0v) is 11.7. The predicted octanol–water partition coefficient (Wildman–Crippen LogP) is 4.18. The van der Waals surface area contributed by atoms with Crippen LogP contribution in [-0.4, -0.2) is 12.6 Å². The van der Waals surface area contributed by atoms with E-state index in [0.717, 1.165) is 12.0 Å². The van der Waals surface area contributed by atoms with Crippen molar-refractivity contribution in [3.8, 4) is 0 Å². The van der Waals surface area contributed by atoms with Crippen LogP contribution in [0.5, 0.6) is 0 Å². The average molecular weight is 245 g/mol. The molecule has 0 heterocycles. The number of benzene rings is 1. The van der Waals surface area contributed by atoms with Crippen LogP contribution in [0.4, 0.5) is 0 Å². The van der Waals surface area contributed by atoms with Gasteiger partial charge in [0.2, 0.25) is 0 Å². The minimum absolute atomic E-state index is 0.728. The van der Waals surface area contributed by atoms with E-state index < -0.39 is 0 Å². The fourth-order valence-electron chi connectivity index (χ4n) is 2.53. The van der Waals surface area contributed by atoms with E-state index in [1.165, 1.54) is 57.1 Å². The fourth-order valence-corrected chi connectivity index (χ4v) is 2.53. The molecule has 1 heteroatoms. The van der Waals surface area contributed by atoms with E-state index in [4.69, 9.17) is 0 Å². The zero-order chi connectivity index (χ0) is 12.6. The van der Waals surface area contributed by atoms with Gasteiger partial charge in [0.25, 0.3) is 0 Å². The van der Waals surface area contributed by atoms with Crippen LogP contribution in [0.1, 0.15) is 51.0 Å². The molecule has 100 valence electrons. The molecule has 0 bridgehead atoms. The molecule has 1 atom stereocenters. The van der Waals surface area contributed by atoms with Gasteiger partial charge in [-0.1, -0.05) is 50.1 Å². The van der Waals surface area contributed by atoms with Crippen molar-refractivity contribution >= 4 is 0 Å².